The lowest BCUT2D eigenvalue weighted by atomic mass is 10.0. The number of rotatable bonds is 3. The van der Waals surface area contributed by atoms with Crippen LogP contribution in [0.15, 0.2) is 60.9 Å². The van der Waals surface area contributed by atoms with Crippen molar-refractivity contribution in [2.24, 2.45) is 5.73 Å². The second-order valence-electron chi connectivity index (χ2n) is 5.46. The van der Waals surface area contributed by atoms with Gasteiger partial charge in [0.1, 0.15) is 0 Å². The molecule has 0 saturated carbocycles. The third-order valence-electron chi connectivity index (χ3n) is 4.07. The average molecular weight is 301 g/mol. The number of nitrogens with two attached hydrogens (primary N) is 1. The van der Waals surface area contributed by atoms with Crippen LogP contribution in [-0.2, 0) is 4.79 Å². The van der Waals surface area contributed by atoms with E-state index in [-0.39, 0.29) is 0 Å². The van der Waals surface area contributed by atoms with Gasteiger partial charge in [0, 0.05) is 50.9 Å². The lowest BCUT2D eigenvalue weighted by molar-refractivity contribution is -0.112. The van der Waals surface area contributed by atoms with Gasteiger partial charge < -0.3 is 15.7 Å². The van der Waals surface area contributed by atoms with E-state index >= 15 is 0 Å². The van der Waals surface area contributed by atoms with Crippen molar-refractivity contribution in [3.8, 4) is 0 Å². The van der Waals surface area contributed by atoms with E-state index in [9.17, 15) is 4.79 Å². The Morgan fingerprint density at radius 2 is 1.48 bits per heavy atom. The van der Waals surface area contributed by atoms with Crippen LogP contribution < -0.4 is 5.73 Å². The Bertz CT molecular complexity index is 1050. The summed E-state index contributed by atoms with van der Waals surface area (Å²) in [5.74, 6) is -0.444. The molecule has 0 bridgehead atoms. The highest BCUT2D eigenvalue weighted by Gasteiger charge is 2.14. The number of H-pyrrole nitrogens is 2. The standard InChI is InChI=1S/C19H15N3O/c20-19(23)15(16-11-22-18-8-4-2-6-14(16)18)9-12-10-21-17-7-3-1-5-13(12)17/h1-11,21-22H,(H2,20,23)/b15-9-. The van der Waals surface area contributed by atoms with Gasteiger partial charge in [0.15, 0.2) is 0 Å². The number of para-hydroxylation sites is 2. The van der Waals surface area contributed by atoms with Gasteiger partial charge >= 0.3 is 0 Å². The molecule has 112 valence electrons. The molecule has 2 aromatic heterocycles. The molecule has 4 rings (SSSR count). The van der Waals surface area contributed by atoms with Gasteiger partial charge in [-0.2, -0.15) is 0 Å². The Morgan fingerprint density at radius 3 is 2.22 bits per heavy atom. The summed E-state index contributed by atoms with van der Waals surface area (Å²) in [5, 5.41) is 2.04. The summed E-state index contributed by atoms with van der Waals surface area (Å²) in [5.41, 5.74) is 9.91. The van der Waals surface area contributed by atoms with Gasteiger partial charge in [-0.25, -0.2) is 0 Å². The minimum Gasteiger partial charge on any atom is -0.366 e. The smallest absolute Gasteiger partial charge is 0.249 e. The normalized spacial score (nSPS) is 12.1. The van der Waals surface area contributed by atoms with Crippen molar-refractivity contribution in [1.82, 2.24) is 9.97 Å². The predicted octanol–water partition coefficient (Wildman–Crippen LogP) is 3.68. The Kier molecular flexibility index (Phi) is 3.01. The number of hydrogen-bond acceptors (Lipinski definition) is 1. The average Bonchev–Trinajstić information content (AvgIpc) is 3.16. The topological polar surface area (TPSA) is 74.7 Å². The number of primary amides is 1. The molecule has 0 saturated heterocycles. The van der Waals surface area contributed by atoms with Crippen LogP contribution in [0.1, 0.15) is 11.1 Å². The molecule has 0 atom stereocenters. The lowest BCUT2D eigenvalue weighted by Gasteiger charge is -2.02. The van der Waals surface area contributed by atoms with Crippen molar-refractivity contribution in [2.75, 3.05) is 0 Å². The van der Waals surface area contributed by atoms with Crippen LogP contribution >= 0.6 is 0 Å². The second-order valence-corrected chi connectivity index (χ2v) is 5.46. The third kappa shape index (κ3) is 2.21. The largest absolute Gasteiger partial charge is 0.366 e. The van der Waals surface area contributed by atoms with E-state index in [0.717, 1.165) is 32.9 Å². The lowest BCUT2D eigenvalue weighted by Crippen LogP contribution is -2.12. The van der Waals surface area contributed by atoms with Crippen molar-refractivity contribution in [3.05, 3.63) is 72.1 Å². The highest BCUT2D eigenvalue weighted by molar-refractivity contribution is 6.27. The number of hydrogen-bond donors (Lipinski definition) is 3. The third-order valence-corrected chi connectivity index (χ3v) is 4.07. The van der Waals surface area contributed by atoms with Crippen LogP contribution in [0.4, 0.5) is 0 Å². The fourth-order valence-electron chi connectivity index (χ4n) is 2.94. The molecule has 4 aromatic rings. The number of aromatic amines is 2. The number of carbonyl (C=O) groups is 1. The van der Waals surface area contributed by atoms with E-state index in [1.54, 1.807) is 0 Å². The van der Waals surface area contributed by atoms with Gasteiger partial charge in [-0.1, -0.05) is 36.4 Å². The molecule has 0 aliphatic heterocycles. The molecule has 0 unspecified atom stereocenters. The van der Waals surface area contributed by atoms with Gasteiger partial charge in [-0.3, -0.25) is 4.79 Å². The first-order chi connectivity index (χ1) is 11.2. The number of aromatic nitrogens is 2. The summed E-state index contributed by atoms with van der Waals surface area (Å²) in [7, 11) is 0. The second kappa shape index (κ2) is 5.18. The summed E-state index contributed by atoms with van der Waals surface area (Å²) in [6.07, 6.45) is 5.56. The first-order valence-corrected chi connectivity index (χ1v) is 7.38. The van der Waals surface area contributed by atoms with Crippen LogP contribution in [0.25, 0.3) is 33.5 Å². The molecule has 0 fully saturated rings. The summed E-state index contributed by atoms with van der Waals surface area (Å²) >= 11 is 0. The van der Waals surface area contributed by atoms with Crippen molar-refractivity contribution in [3.63, 3.8) is 0 Å². The Labute approximate surface area is 132 Å². The SMILES string of the molecule is NC(=O)/C(=C\c1c[nH]c2ccccc12)c1c[nH]c2ccccc12. The summed E-state index contributed by atoms with van der Waals surface area (Å²) in [6.45, 7) is 0. The Balaban J connectivity index is 1.93. The maximum absolute atomic E-state index is 12.0. The molecule has 23 heavy (non-hydrogen) atoms. The maximum Gasteiger partial charge on any atom is 0.249 e. The first-order valence-electron chi connectivity index (χ1n) is 7.38. The van der Waals surface area contributed by atoms with E-state index in [0.29, 0.717) is 5.57 Å². The van der Waals surface area contributed by atoms with E-state index in [4.69, 9.17) is 5.73 Å². The van der Waals surface area contributed by atoms with Gasteiger partial charge in [-0.15, -0.1) is 0 Å². The number of nitrogens with one attached hydrogen (secondary N) is 2. The number of carbonyl (C=O) groups excluding carboxylic acids is 1. The van der Waals surface area contributed by atoms with Crippen molar-refractivity contribution in [2.45, 2.75) is 0 Å². The minimum atomic E-state index is -0.444. The molecule has 2 heterocycles. The van der Waals surface area contributed by atoms with Gasteiger partial charge in [0.25, 0.3) is 0 Å². The van der Waals surface area contributed by atoms with Crippen molar-refractivity contribution in [1.29, 1.82) is 0 Å². The molecule has 0 spiro atoms. The number of benzene rings is 2. The highest BCUT2D eigenvalue weighted by atomic mass is 16.1. The molecule has 0 aliphatic carbocycles. The zero-order chi connectivity index (χ0) is 15.8. The van der Waals surface area contributed by atoms with Crippen LogP contribution in [-0.4, -0.2) is 15.9 Å². The first kappa shape index (κ1) is 13.4. The molecular weight excluding hydrogens is 286 g/mol. The van der Waals surface area contributed by atoms with Gasteiger partial charge in [0.05, 0.1) is 0 Å². The van der Waals surface area contributed by atoms with E-state index in [1.165, 1.54) is 0 Å². The number of fused-ring (bicyclic) bond motifs is 2. The minimum absolute atomic E-state index is 0.444. The van der Waals surface area contributed by atoms with E-state index in [1.807, 2.05) is 67.0 Å². The molecule has 4 N–H and O–H groups in total. The van der Waals surface area contributed by atoms with Crippen molar-refractivity contribution >= 4 is 39.4 Å². The van der Waals surface area contributed by atoms with Crippen LogP contribution in [0.3, 0.4) is 0 Å². The van der Waals surface area contributed by atoms with Crippen LogP contribution in [0.2, 0.25) is 0 Å². The molecule has 1 amide bonds. The zero-order valence-corrected chi connectivity index (χ0v) is 12.3. The Morgan fingerprint density at radius 1 is 0.870 bits per heavy atom. The Hall–Kier alpha value is -3.27. The molecule has 0 radical (unpaired) electrons. The van der Waals surface area contributed by atoms with E-state index < -0.39 is 5.91 Å². The van der Waals surface area contributed by atoms with Gasteiger partial charge in [-0.05, 0) is 18.2 Å². The molecule has 4 nitrogen and oxygen atoms in total. The monoisotopic (exact) mass is 301 g/mol. The summed E-state index contributed by atoms with van der Waals surface area (Å²) < 4.78 is 0. The fourth-order valence-corrected chi connectivity index (χ4v) is 2.94. The molecular formula is C19H15N3O. The summed E-state index contributed by atoms with van der Waals surface area (Å²) in [6, 6.07) is 15.8. The highest BCUT2D eigenvalue weighted by Crippen LogP contribution is 2.28. The predicted molar refractivity (Wildman–Crippen MR) is 93.7 cm³/mol. The fraction of sp³-hybridized carbons (Fsp3) is 0. The molecule has 0 aliphatic rings. The zero-order valence-electron chi connectivity index (χ0n) is 12.3. The molecule has 4 heteroatoms. The van der Waals surface area contributed by atoms with Crippen LogP contribution in [0, 0.1) is 0 Å². The maximum atomic E-state index is 12.0. The van der Waals surface area contributed by atoms with Gasteiger partial charge in [0.2, 0.25) is 5.91 Å². The van der Waals surface area contributed by atoms with Crippen LogP contribution in [0.5, 0.6) is 0 Å². The van der Waals surface area contributed by atoms with E-state index in [2.05, 4.69) is 9.97 Å². The number of amides is 1. The summed E-state index contributed by atoms with van der Waals surface area (Å²) in [4.78, 5) is 18.4. The molecule has 2 aromatic carbocycles. The van der Waals surface area contributed by atoms with Crippen molar-refractivity contribution < 1.29 is 4.79 Å². The quantitative estimate of drug-likeness (QED) is 0.496.